The molecule has 0 unspecified atom stereocenters. The van der Waals surface area contributed by atoms with Gasteiger partial charge in [-0.3, -0.25) is 9.48 Å². The van der Waals surface area contributed by atoms with Crippen molar-refractivity contribution in [2.45, 2.75) is 26.8 Å². The molecule has 0 radical (unpaired) electrons. The van der Waals surface area contributed by atoms with E-state index in [9.17, 15) is 4.79 Å². The van der Waals surface area contributed by atoms with Crippen molar-refractivity contribution in [3.63, 3.8) is 0 Å². The van der Waals surface area contributed by atoms with Gasteiger partial charge in [-0.1, -0.05) is 29.8 Å². The lowest BCUT2D eigenvalue weighted by atomic mass is 10.1. The van der Waals surface area contributed by atoms with Crippen molar-refractivity contribution in [2.75, 3.05) is 6.54 Å². The molecule has 3 aromatic rings. The standard InChI is InChI=1S/C18H20ClN5O/c1-13-17(14(2)24(22-13)16-6-4-3-5-7-16)10-18(25)20-8-9-23-12-15(19)11-21-23/h3-7,11-12H,8-10H2,1-2H3,(H,20,25). The smallest absolute Gasteiger partial charge is 0.224 e. The number of amides is 1. The van der Waals surface area contributed by atoms with Crippen molar-refractivity contribution >= 4 is 17.5 Å². The summed E-state index contributed by atoms with van der Waals surface area (Å²) in [7, 11) is 0. The second-order valence-electron chi connectivity index (χ2n) is 5.85. The third kappa shape index (κ3) is 4.09. The van der Waals surface area contributed by atoms with Gasteiger partial charge in [-0.15, -0.1) is 0 Å². The maximum atomic E-state index is 12.3. The molecule has 130 valence electrons. The molecule has 0 saturated carbocycles. The van der Waals surface area contributed by atoms with Crippen molar-refractivity contribution in [3.8, 4) is 5.69 Å². The van der Waals surface area contributed by atoms with E-state index in [1.807, 2.05) is 48.9 Å². The minimum atomic E-state index is -0.0305. The molecular formula is C18H20ClN5O. The third-order valence-corrected chi connectivity index (χ3v) is 4.24. The summed E-state index contributed by atoms with van der Waals surface area (Å²) in [5.41, 5.74) is 3.81. The number of rotatable bonds is 6. The highest BCUT2D eigenvalue weighted by Crippen LogP contribution is 2.18. The van der Waals surface area contributed by atoms with Crippen LogP contribution in [0.4, 0.5) is 0 Å². The van der Waals surface area contributed by atoms with Crippen molar-refractivity contribution in [1.82, 2.24) is 24.9 Å². The van der Waals surface area contributed by atoms with Crippen LogP contribution in [0.5, 0.6) is 0 Å². The zero-order valence-electron chi connectivity index (χ0n) is 14.2. The van der Waals surface area contributed by atoms with E-state index >= 15 is 0 Å². The molecule has 1 N–H and O–H groups in total. The van der Waals surface area contributed by atoms with Gasteiger partial charge in [-0.25, -0.2) is 4.68 Å². The molecule has 0 aliphatic rings. The van der Waals surface area contributed by atoms with Crippen LogP contribution in [-0.2, 0) is 17.8 Å². The first kappa shape index (κ1) is 17.2. The van der Waals surface area contributed by atoms with E-state index in [4.69, 9.17) is 11.6 Å². The van der Waals surface area contributed by atoms with E-state index < -0.39 is 0 Å². The Balaban J connectivity index is 1.62. The Kier molecular flexibility index (Phi) is 5.19. The maximum absolute atomic E-state index is 12.3. The van der Waals surface area contributed by atoms with Crippen molar-refractivity contribution < 1.29 is 4.79 Å². The highest BCUT2D eigenvalue weighted by Gasteiger charge is 2.15. The number of hydrogen-bond donors (Lipinski definition) is 1. The number of hydrogen-bond acceptors (Lipinski definition) is 3. The van der Waals surface area contributed by atoms with Crippen molar-refractivity contribution in [1.29, 1.82) is 0 Å². The molecule has 0 atom stereocenters. The first-order valence-electron chi connectivity index (χ1n) is 8.10. The van der Waals surface area contributed by atoms with Gasteiger partial charge < -0.3 is 5.32 Å². The summed E-state index contributed by atoms with van der Waals surface area (Å²) in [6.45, 7) is 5.00. The summed E-state index contributed by atoms with van der Waals surface area (Å²) in [6, 6.07) is 9.91. The van der Waals surface area contributed by atoms with Crippen LogP contribution >= 0.6 is 11.6 Å². The SMILES string of the molecule is Cc1nn(-c2ccccc2)c(C)c1CC(=O)NCCn1cc(Cl)cn1. The van der Waals surface area contributed by atoms with Crippen LogP contribution in [0.15, 0.2) is 42.7 Å². The predicted molar refractivity (Wildman–Crippen MR) is 97.0 cm³/mol. The van der Waals surface area contributed by atoms with E-state index in [-0.39, 0.29) is 5.91 Å². The van der Waals surface area contributed by atoms with Crippen molar-refractivity contribution in [3.05, 3.63) is 64.7 Å². The molecule has 25 heavy (non-hydrogen) atoms. The van der Waals surface area contributed by atoms with Crippen LogP contribution < -0.4 is 5.32 Å². The normalized spacial score (nSPS) is 10.8. The number of aromatic nitrogens is 4. The van der Waals surface area contributed by atoms with Crippen LogP contribution in [0.2, 0.25) is 5.02 Å². The molecule has 2 aromatic heterocycles. The summed E-state index contributed by atoms with van der Waals surface area (Å²) in [5, 5.41) is 12.2. The lowest BCUT2D eigenvalue weighted by molar-refractivity contribution is -0.120. The third-order valence-electron chi connectivity index (χ3n) is 4.04. The fourth-order valence-corrected chi connectivity index (χ4v) is 2.90. The molecule has 2 heterocycles. The maximum Gasteiger partial charge on any atom is 0.224 e. The zero-order chi connectivity index (χ0) is 17.8. The largest absolute Gasteiger partial charge is 0.354 e. The Bertz CT molecular complexity index is 869. The van der Waals surface area contributed by atoms with Crippen LogP contribution in [0.3, 0.4) is 0 Å². The number of aryl methyl sites for hydroxylation is 1. The summed E-state index contributed by atoms with van der Waals surface area (Å²) in [5.74, 6) is -0.0305. The Hall–Kier alpha value is -2.60. The van der Waals surface area contributed by atoms with Crippen LogP contribution in [0, 0.1) is 13.8 Å². The van der Waals surface area contributed by atoms with Gasteiger partial charge in [0.1, 0.15) is 0 Å². The molecular weight excluding hydrogens is 338 g/mol. The van der Waals surface area contributed by atoms with Crippen molar-refractivity contribution in [2.24, 2.45) is 0 Å². The number of carbonyl (C=O) groups is 1. The molecule has 7 heteroatoms. The zero-order valence-corrected chi connectivity index (χ0v) is 15.0. The number of halogens is 1. The topological polar surface area (TPSA) is 64.7 Å². The van der Waals surface area contributed by atoms with Gasteiger partial charge in [-0.05, 0) is 26.0 Å². The van der Waals surface area contributed by atoms with E-state index in [0.29, 0.717) is 24.5 Å². The first-order valence-corrected chi connectivity index (χ1v) is 8.47. The molecule has 0 bridgehead atoms. The van der Waals surface area contributed by atoms with Crippen LogP contribution in [0.25, 0.3) is 5.69 Å². The lowest BCUT2D eigenvalue weighted by Gasteiger charge is -2.07. The van der Waals surface area contributed by atoms with E-state index in [0.717, 1.165) is 22.6 Å². The number of para-hydroxylation sites is 1. The quantitative estimate of drug-likeness (QED) is 0.737. The molecule has 0 spiro atoms. The fraction of sp³-hybridized carbons (Fsp3) is 0.278. The van der Waals surface area contributed by atoms with Gasteiger partial charge in [-0.2, -0.15) is 10.2 Å². The minimum Gasteiger partial charge on any atom is -0.354 e. The van der Waals surface area contributed by atoms with Gasteiger partial charge in [0.2, 0.25) is 5.91 Å². The minimum absolute atomic E-state index is 0.0305. The molecule has 0 saturated heterocycles. The molecule has 1 amide bonds. The number of nitrogens with one attached hydrogen (secondary N) is 1. The first-order chi connectivity index (χ1) is 12.0. The van der Waals surface area contributed by atoms with E-state index in [1.54, 1.807) is 17.1 Å². The molecule has 0 aliphatic carbocycles. The Labute approximate surface area is 151 Å². The highest BCUT2D eigenvalue weighted by molar-refractivity contribution is 6.30. The Morgan fingerprint density at radius 3 is 2.68 bits per heavy atom. The van der Waals surface area contributed by atoms with Crippen LogP contribution in [0.1, 0.15) is 17.0 Å². The fourth-order valence-electron chi connectivity index (χ4n) is 2.74. The summed E-state index contributed by atoms with van der Waals surface area (Å²) < 4.78 is 3.58. The summed E-state index contributed by atoms with van der Waals surface area (Å²) in [6.07, 6.45) is 3.62. The average molecular weight is 358 g/mol. The molecule has 0 fully saturated rings. The summed E-state index contributed by atoms with van der Waals surface area (Å²) >= 11 is 5.82. The van der Waals surface area contributed by atoms with Crippen LogP contribution in [-0.4, -0.2) is 32.0 Å². The molecule has 3 rings (SSSR count). The number of benzene rings is 1. The molecule has 0 aliphatic heterocycles. The summed E-state index contributed by atoms with van der Waals surface area (Å²) in [4.78, 5) is 12.3. The molecule has 1 aromatic carbocycles. The Morgan fingerprint density at radius 1 is 1.24 bits per heavy atom. The van der Waals surface area contributed by atoms with Gasteiger partial charge in [0.25, 0.3) is 0 Å². The van der Waals surface area contributed by atoms with Gasteiger partial charge >= 0.3 is 0 Å². The second kappa shape index (κ2) is 7.53. The van der Waals surface area contributed by atoms with Gasteiger partial charge in [0.05, 0.1) is 35.6 Å². The number of carbonyl (C=O) groups excluding carboxylic acids is 1. The molecule has 6 nitrogen and oxygen atoms in total. The van der Waals surface area contributed by atoms with Gasteiger partial charge in [0.15, 0.2) is 0 Å². The lowest BCUT2D eigenvalue weighted by Crippen LogP contribution is -2.29. The predicted octanol–water partition coefficient (Wildman–Crippen LogP) is 2.70. The average Bonchev–Trinajstić information content (AvgIpc) is 3.13. The highest BCUT2D eigenvalue weighted by atomic mass is 35.5. The monoisotopic (exact) mass is 357 g/mol. The van der Waals surface area contributed by atoms with Gasteiger partial charge in [0, 0.05) is 24.0 Å². The second-order valence-corrected chi connectivity index (χ2v) is 6.28. The van der Waals surface area contributed by atoms with E-state index in [1.165, 1.54) is 0 Å². The number of nitrogens with zero attached hydrogens (tertiary/aromatic N) is 4. The Morgan fingerprint density at radius 2 is 2.00 bits per heavy atom. The van der Waals surface area contributed by atoms with E-state index in [2.05, 4.69) is 15.5 Å².